The zero-order chi connectivity index (χ0) is 25.1. The van der Waals surface area contributed by atoms with E-state index in [9.17, 15) is 19.2 Å². The highest BCUT2D eigenvalue weighted by Gasteiger charge is 2.59. The summed E-state index contributed by atoms with van der Waals surface area (Å²) in [5, 5.41) is 3.20. The number of fused-ring (bicyclic) bond motifs is 2. The number of hydrogen-bond acceptors (Lipinski definition) is 6. The number of rotatable bonds is 4. The highest BCUT2D eigenvalue weighted by atomic mass is 35.5. The van der Waals surface area contributed by atoms with E-state index in [1.165, 1.54) is 21.2 Å². The smallest absolute Gasteiger partial charge is 0.308 e. The van der Waals surface area contributed by atoms with E-state index in [0.29, 0.717) is 21.4 Å². The number of benzene rings is 2. The molecule has 35 heavy (non-hydrogen) atoms. The van der Waals surface area contributed by atoms with E-state index in [1.807, 2.05) is 32.9 Å². The van der Waals surface area contributed by atoms with Crippen LogP contribution >= 0.6 is 34.7 Å². The van der Waals surface area contributed by atoms with Gasteiger partial charge in [0.2, 0.25) is 17.7 Å². The summed E-state index contributed by atoms with van der Waals surface area (Å²) >= 11 is 8.21. The van der Waals surface area contributed by atoms with Crippen molar-refractivity contribution in [3.05, 3.63) is 73.7 Å². The average molecular weight is 528 g/mol. The number of imide groups is 1. The molecule has 1 aromatic heterocycles. The molecule has 1 N–H and O–H groups in total. The van der Waals surface area contributed by atoms with E-state index >= 15 is 0 Å². The van der Waals surface area contributed by atoms with Gasteiger partial charge in [-0.15, -0.1) is 0 Å². The minimum absolute atomic E-state index is 0.179. The van der Waals surface area contributed by atoms with Crippen molar-refractivity contribution in [2.24, 2.45) is 5.92 Å². The second-order valence-corrected chi connectivity index (χ2v) is 11.8. The minimum atomic E-state index is -0.762. The molecule has 180 valence electrons. The number of thiazole rings is 1. The second kappa shape index (κ2) is 8.65. The first kappa shape index (κ1) is 23.8. The fourth-order valence-corrected chi connectivity index (χ4v) is 7.76. The van der Waals surface area contributed by atoms with Crippen LogP contribution in [0.5, 0.6) is 0 Å². The zero-order valence-corrected chi connectivity index (χ0v) is 21.6. The monoisotopic (exact) mass is 527 g/mol. The number of amides is 3. The Morgan fingerprint density at radius 1 is 1.03 bits per heavy atom. The van der Waals surface area contributed by atoms with Gasteiger partial charge in [0.05, 0.1) is 16.6 Å². The quantitative estimate of drug-likeness (QED) is 0.506. The molecule has 0 spiro atoms. The van der Waals surface area contributed by atoms with Crippen molar-refractivity contribution >= 4 is 63.8 Å². The van der Waals surface area contributed by atoms with Gasteiger partial charge in [0.25, 0.3) is 0 Å². The van der Waals surface area contributed by atoms with Crippen molar-refractivity contribution in [3.8, 4) is 0 Å². The van der Waals surface area contributed by atoms with Gasteiger partial charge in [-0.3, -0.25) is 23.7 Å². The molecule has 0 unspecified atom stereocenters. The first-order valence-corrected chi connectivity index (χ1v) is 13.1. The number of thioether (sulfide) groups is 1. The Balaban J connectivity index is 1.46. The van der Waals surface area contributed by atoms with Gasteiger partial charge >= 0.3 is 4.87 Å². The van der Waals surface area contributed by atoms with Crippen LogP contribution in [-0.2, 0) is 26.3 Å². The molecule has 2 aliphatic rings. The van der Waals surface area contributed by atoms with E-state index in [2.05, 4.69) is 5.32 Å². The lowest BCUT2D eigenvalue weighted by Crippen LogP contribution is -2.41. The molecule has 0 bridgehead atoms. The number of halogens is 1. The summed E-state index contributed by atoms with van der Waals surface area (Å²) in [5.41, 5.74) is 1.42. The van der Waals surface area contributed by atoms with Gasteiger partial charge in [-0.2, -0.15) is 0 Å². The van der Waals surface area contributed by atoms with Crippen LogP contribution in [0, 0.1) is 12.8 Å². The van der Waals surface area contributed by atoms with Crippen LogP contribution in [0.1, 0.15) is 24.3 Å². The summed E-state index contributed by atoms with van der Waals surface area (Å²) in [7, 11) is 0. The number of carbonyl (C=O) groups is 3. The molecular weight excluding hydrogens is 506 g/mol. The Labute approximate surface area is 215 Å². The van der Waals surface area contributed by atoms with Crippen LogP contribution in [-0.4, -0.2) is 27.5 Å². The Kier molecular flexibility index (Phi) is 5.89. The molecule has 5 rings (SSSR count). The van der Waals surface area contributed by atoms with E-state index in [1.54, 1.807) is 36.4 Å². The van der Waals surface area contributed by atoms with Crippen LogP contribution in [0.2, 0.25) is 5.02 Å². The molecule has 1 saturated heterocycles. The number of aryl methyl sites for hydroxylation is 1. The second-order valence-electron chi connectivity index (χ2n) is 9.23. The summed E-state index contributed by atoms with van der Waals surface area (Å²) in [4.78, 5) is 54.2. The summed E-state index contributed by atoms with van der Waals surface area (Å²) in [6.45, 7) is 5.54. The topological polar surface area (TPSA) is 88.5 Å². The average Bonchev–Trinajstić information content (AvgIpc) is 3.25. The van der Waals surface area contributed by atoms with Crippen LogP contribution in [0.15, 0.2) is 58.4 Å². The standard InChI is InChI=1S/C25H22ClN3O4S2/c1-13-4-8-15(9-5-13)27-17(30)12-28-23-20(35-24(28)33)25(2,3)18-19(34-23)22(32)29(21(18)31)16-10-6-14(26)7-11-16/h4-11,18-19H,12H2,1-3H3,(H,27,30)/t18-,19+/m1/s1. The third kappa shape index (κ3) is 4.01. The van der Waals surface area contributed by atoms with Crippen molar-refractivity contribution < 1.29 is 14.4 Å². The number of hydrogen-bond donors (Lipinski definition) is 1. The third-order valence-electron chi connectivity index (χ3n) is 6.43. The number of carbonyl (C=O) groups excluding carboxylic acids is 3. The van der Waals surface area contributed by atoms with Gasteiger partial charge in [-0.1, -0.05) is 66.2 Å². The maximum atomic E-state index is 13.5. The molecule has 3 amide bonds. The van der Waals surface area contributed by atoms with E-state index in [-0.39, 0.29) is 29.1 Å². The summed E-state index contributed by atoms with van der Waals surface area (Å²) in [6, 6.07) is 14.0. The molecule has 0 radical (unpaired) electrons. The summed E-state index contributed by atoms with van der Waals surface area (Å²) in [5.74, 6) is -1.60. The minimum Gasteiger partial charge on any atom is -0.325 e. The molecule has 2 aliphatic heterocycles. The highest BCUT2D eigenvalue weighted by molar-refractivity contribution is 8.00. The molecule has 3 heterocycles. The molecule has 2 atom stereocenters. The largest absolute Gasteiger partial charge is 0.325 e. The van der Waals surface area contributed by atoms with Gasteiger partial charge in [-0.05, 0) is 43.3 Å². The Bertz CT molecular complexity index is 1410. The van der Waals surface area contributed by atoms with Crippen molar-refractivity contribution in [2.45, 2.75) is 43.0 Å². The lowest BCUT2D eigenvalue weighted by molar-refractivity contribution is -0.123. The van der Waals surface area contributed by atoms with Gasteiger partial charge in [0.15, 0.2) is 0 Å². The molecule has 7 nitrogen and oxygen atoms in total. The van der Waals surface area contributed by atoms with Crippen LogP contribution in [0.25, 0.3) is 0 Å². The number of nitrogens with one attached hydrogen (secondary N) is 1. The normalized spacial score (nSPS) is 20.5. The van der Waals surface area contributed by atoms with Gasteiger partial charge < -0.3 is 5.32 Å². The Morgan fingerprint density at radius 2 is 1.69 bits per heavy atom. The van der Waals surface area contributed by atoms with E-state index < -0.39 is 16.6 Å². The zero-order valence-electron chi connectivity index (χ0n) is 19.2. The lowest BCUT2D eigenvalue weighted by atomic mass is 9.76. The Morgan fingerprint density at radius 3 is 2.34 bits per heavy atom. The predicted molar refractivity (Wildman–Crippen MR) is 138 cm³/mol. The SMILES string of the molecule is Cc1ccc(NC(=O)Cn2c3c(sc2=O)C(C)(C)[C@H]2C(=O)N(c4ccc(Cl)cc4)C(=O)[C@H]2S3)cc1. The van der Waals surface area contributed by atoms with E-state index in [4.69, 9.17) is 11.6 Å². The fraction of sp³-hybridized carbons (Fsp3) is 0.280. The maximum absolute atomic E-state index is 13.5. The fourth-order valence-electron chi connectivity index (χ4n) is 4.59. The molecule has 10 heteroatoms. The van der Waals surface area contributed by atoms with Crippen LogP contribution in [0.4, 0.5) is 11.4 Å². The first-order valence-electron chi connectivity index (χ1n) is 11.0. The lowest BCUT2D eigenvalue weighted by Gasteiger charge is -2.36. The molecule has 3 aromatic rings. The van der Waals surface area contributed by atoms with Crippen LogP contribution in [0.3, 0.4) is 0 Å². The highest BCUT2D eigenvalue weighted by Crippen LogP contribution is 2.54. The number of anilines is 2. The van der Waals surface area contributed by atoms with Gasteiger partial charge in [-0.25, -0.2) is 4.90 Å². The van der Waals surface area contributed by atoms with Crippen molar-refractivity contribution in [1.29, 1.82) is 0 Å². The third-order valence-corrected chi connectivity index (χ3v) is 9.50. The molecular formula is C25H22ClN3O4S2. The van der Waals surface area contributed by atoms with Gasteiger partial charge in [0.1, 0.15) is 11.8 Å². The summed E-state index contributed by atoms with van der Waals surface area (Å²) in [6.07, 6.45) is 0. The first-order chi connectivity index (χ1) is 16.6. The molecule has 2 aromatic carbocycles. The molecule has 1 fully saturated rings. The van der Waals surface area contributed by atoms with Crippen molar-refractivity contribution in [2.75, 3.05) is 10.2 Å². The van der Waals surface area contributed by atoms with Crippen molar-refractivity contribution in [3.63, 3.8) is 0 Å². The Hall–Kier alpha value is -2.88. The summed E-state index contributed by atoms with van der Waals surface area (Å²) < 4.78 is 1.41. The van der Waals surface area contributed by atoms with Crippen LogP contribution < -0.4 is 15.1 Å². The number of nitrogens with zero attached hydrogens (tertiary/aromatic N) is 2. The molecule has 0 saturated carbocycles. The molecule has 0 aliphatic carbocycles. The van der Waals surface area contributed by atoms with Gasteiger partial charge in [0, 0.05) is 21.0 Å². The predicted octanol–water partition coefficient (Wildman–Crippen LogP) is 4.45. The van der Waals surface area contributed by atoms with E-state index in [0.717, 1.165) is 21.8 Å². The van der Waals surface area contributed by atoms with Crippen molar-refractivity contribution in [1.82, 2.24) is 4.57 Å². The maximum Gasteiger partial charge on any atom is 0.308 e. The number of aromatic nitrogens is 1.